The van der Waals surface area contributed by atoms with Gasteiger partial charge in [0.2, 0.25) is 0 Å². The minimum atomic E-state index is -5.05. The maximum absolute atomic E-state index is 12.9. The minimum Gasteiger partial charge on any atom is -0.482 e. The van der Waals surface area contributed by atoms with Crippen LogP contribution in [0.15, 0.2) is 42.6 Å². The number of ether oxygens (including phenoxy) is 2. The standard InChI is InChI=1S/C28H31F3N4O6/c1-16-5-7-18(8-6-16)24(17(2)33-27(39)28(29,30)31)40-20-9-10-21(32-14-20)25(37)34-19-4-3-13-35(15-19)26(38)22-11-12-23(36)41-22/h5-10,14,17,19,22,24H,3-4,11-13,15H2,1-2H3,(H,33,39)(H,34,37)/t17-,19+,22-,24-/m0/s1. The molecule has 10 nitrogen and oxygen atoms in total. The molecule has 3 heterocycles. The van der Waals surface area contributed by atoms with Gasteiger partial charge >= 0.3 is 18.1 Å². The first-order valence-electron chi connectivity index (χ1n) is 13.3. The third-order valence-corrected chi connectivity index (χ3v) is 6.94. The summed E-state index contributed by atoms with van der Waals surface area (Å²) in [5.74, 6) is -3.03. The van der Waals surface area contributed by atoms with Crippen molar-refractivity contribution >= 4 is 23.7 Å². The fourth-order valence-electron chi connectivity index (χ4n) is 4.77. The van der Waals surface area contributed by atoms with Crippen molar-refractivity contribution in [1.82, 2.24) is 20.5 Å². The number of carbonyl (C=O) groups excluding carboxylic acids is 4. The van der Waals surface area contributed by atoms with Gasteiger partial charge in [-0.1, -0.05) is 29.8 Å². The smallest absolute Gasteiger partial charge is 0.471 e. The Balaban J connectivity index is 1.39. The third-order valence-electron chi connectivity index (χ3n) is 6.94. The number of nitrogens with zero attached hydrogens (tertiary/aromatic N) is 2. The first kappa shape index (κ1) is 29.8. The number of piperidine rings is 1. The van der Waals surface area contributed by atoms with Crippen molar-refractivity contribution in [3.8, 4) is 5.75 Å². The van der Waals surface area contributed by atoms with Gasteiger partial charge in [0.1, 0.15) is 17.5 Å². The van der Waals surface area contributed by atoms with Crippen molar-refractivity contribution in [2.45, 2.75) is 70.0 Å². The summed E-state index contributed by atoms with van der Waals surface area (Å²) in [5.41, 5.74) is 1.55. The van der Waals surface area contributed by atoms with Crippen LogP contribution in [0.1, 0.15) is 60.3 Å². The van der Waals surface area contributed by atoms with Crippen LogP contribution < -0.4 is 15.4 Å². The zero-order valence-electron chi connectivity index (χ0n) is 22.6. The molecule has 2 N–H and O–H groups in total. The van der Waals surface area contributed by atoms with Crippen molar-refractivity contribution in [3.63, 3.8) is 0 Å². The Hall–Kier alpha value is -4.16. The molecular formula is C28H31F3N4O6. The molecular weight excluding hydrogens is 545 g/mol. The van der Waals surface area contributed by atoms with E-state index in [0.29, 0.717) is 31.4 Å². The molecule has 41 heavy (non-hydrogen) atoms. The number of alkyl halides is 3. The highest BCUT2D eigenvalue weighted by molar-refractivity contribution is 5.92. The third kappa shape index (κ3) is 7.74. The largest absolute Gasteiger partial charge is 0.482 e. The molecule has 2 aromatic rings. The van der Waals surface area contributed by atoms with Crippen molar-refractivity contribution in [2.75, 3.05) is 13.1 Å². The summed E-state index contributed by atoms with van der Waals surface area (Å²) >= 11 is 0. The number of pyridine rings is 1. The highest BCUT2D eigenvalue weighted by Gasteiger charge is 2.40. The zero-order chi connectivity index (χ0) is 29.7. The number of aryl methyl sites for hydroxylation is 1. The number of hydrogen-bond donors (Lipinski definition) is 2. The molecule has 0 bridgehead atoms. The SMILES string of the molecule is Cc1ccc([C@@H](Oc2ccc(C(=O)N[C@@H]3CCCN(C(=O)[C@@H]4CCC(=O)O4)C3)nc2)[C@H](C)NC(=O)C(F)(F)F)cc1. The van der Waals surface area contributed by atoms with E-state index in [1.807, 2.05) is 12.2 Å². The number of amides is 3. The van der Waals surface area contributed by atoms with Gasteiger partial charge < -0.3 is 25.0 Å². The monoisotopic (exact) mass is 576 g/mol. The normalized spacial score (nSPS) is 20.5. The summed E-state index contributed by atoms with van der Waals surface area (Å²) in [5, 5.41) is 4.80. The van der Waals surface area contributed by atoms with Gasteiger partial charge in [-0.25, -0.2) is 4.98 Å². The van der Waals surface area contributed by atoms with Gasteiger partial charge in [-0.15, -0.1) is 0 Å². The number of rotatable bonds is 8. The summed E-state index contributed by atoms with van der Waals surface area (Å²) in [6, 6.07) is 8.44. The number of halogens is 3. The summed E-state index contributed by atoms with van der Waals surface area (Å²) in [6.45, 7) is 4.04. The lowest BCUT2D eigenvalue weighted by molar-refractivity contribution is -0.174. The highest BCUT2D eigenvalue weighted by atomic mass is 19.4. The summed E-state index contributed by atoms with van der Waals surface area (Å²) < 4.78 is 49.6. The Bertz CT molecular complexity index is 1270. The molecule has 4 atom stereocenters. The van der Waals surface area contributed by atoms with Gasteiger partial charge in [0, 0.05) is 32.0 Å². The molecule has 2 aliphatic heterocycles. The highest BCUT2D eigenvalue weighted by Crippen LogP contribution is 2.27. The number of benzene rings is 1. The lowest BCUT2D eigenvalue weighted by Gasteiger charge is -2.34. The van der Waals surface area contributed by atoms with Gasteiger partial charge in [-0.05, 0) is 44.4 Å². The molecule has 0 spiro atoms. The fraction of sp³-hybridized carbons (Fsp3) is 0.464. The lowest BCUT2D eigenvalue weighted by Crippen LogP contribution is -2.52. The number of carbonyl (C=O) groups is 4. The predicted octanol–water partition coefficient (Wildman–Crippen LogP) is 3.00. The molecule has 0 unspecified atom stereocenters. The van der Waals surface area contributed by atoms with Crippen LogP contribution in [0.5, 0.6) is 5.75 Å². The molecule has 0 radical (unpaired) electrons. The van der Waals surface area contributed by atoms with E-state index in [9.17, 15) is 32.3 Å². The zero-order valence-corrected chi connectivity index (χ0v) is 22.6. The number of nitrogens with one attached hydrogen (secondary N) is 2. The molecule has 0 saturated carbocycles. The molecule has 220 valence electrons. The second-order valence-corrected chi connectivity index (χ2v) is 10.2. The van der Waals surface area contributed by atoms with Crippen LogP contribution in [0.4, 0.5) is 13.2 Å². The Morgan fingerprint density at radius 2 is 1.85 bits per heavy atom. The topological polar surface area (TPSA) is 127 Å². The molecule has 3 amide bonds. The predicted molar refractivity (Wildman–Crippen MR) is 139 cm³/mol. The molecule has 2 aliphatic rings. The van der Waals surface area contributed by atoms with Crippen molar-refractivity contribution in [1.29, 1.82) is 0 Å². The van der Waals surface area contributed by atoms with Crippen molar-refractivity contribution < 1.29 is 41.8 Å². The summed E-state index contributed by atoms with van der Waals surface area (Å²) in [4.78, 5) is 54.2. The first-order valence-corrected chi connectivity index (χ1v) is 13.3. The Labute approximate surface area is 234 Å². The molecule has 1 aromatic carbocycles. The van der Waals surface area contributed by atoms with Crippen molar-refractivity contribution in [2.24, 2.45) is 0 Å². The van der Waals surface area contributed by atoms with Gasteiger partial charge in [-0.2, -0.15) is 13.2 Å². The van der Waals surface area contributed by atoms with E-state index in [2.05, 4.69) is 10.3 Å². The van der Waals surface area contributed by atoms with Gasteiger partial charge in [0.25, 0.3) is 11.8 Å². The number of esters is 1. The van der Waals surface area contributed by atoms with E-state index in [-0.39, 0.29) is 36.4 Å². The summed E-state index contributed by atoms with van der Waals surface area (Å²) in [6.07, 6.45) is -3.65. The average molecular weight is 577 g/mol. The second kappa shape index (κ2) is 12.6. The lowest BCUT2D eigenvalue weighted by atomic mass is 10.0. The van der Waals surface area contributed by atoms with E-state index in [1.165, 1.54) is 25.3 Å². The van der Waals surface area contributed by atoms with Crippen LogP contribution in [-0.2, 0) is 19.1 Å². The van der Waals surface area contributed by atoms with E-state index >= 15 is 0 Å². The maximum Gasteiger partial charge on any atom is 0.471 e. The van der Waals surface area contributed by atoms with Gasteiger partial charge in [0.05, 0.1) is 12.2 Å². The van der Waals surface area contributed by atoms with Gasteiger partial charge in [-0.3, -0.25) is 19.2 Å². The Morgan fingerprint density at radius 3 is 2.46 bits per heavy atom. The van der Waals surface area contributed by atoms with Crippen LogP contribution in [-0.4, -0.2) is 71.0 Å². The van der Waals surface area contributed by atoms with Crippen LogP contribution in [0.2, 0.25) is 0 Å². The van der Waals surface area contributed by atoms with Gasteiger partial charge in [0.15, 0.2) is 6.10 Å². The van der Waals surface area contributed by atoms with E-state index in [4.69, 9.17) is 9.47 Å². The minimum absolute atomic E-state index is 0.0795. The average Bonchev–Trinajstić information content (AvgIpc) is 3.38. The molecule has 13 heteroatoms. The number of aromatic nitrogens is 1. The van der Waals surface area contributed by atoms with E-state index < -0.39 is 42.2 Å². The van der Waals surface area contributed by atoms with Crippen molar-refractivity contribution in [3.05, 3.63) is 59.4 Å². The summed E-state index contributed by atoms with van der Waals surface area (Å²) in [7, 11) is 0. The quantitative estimate of drug-likeness (QED) is 0.463. The van der Waals surface area contributed by atoms with Crippen LogP contribution in [0.3, 0.4) is 0 Å². The first-order chi connectivity index (χ1) is 19.4. The Kier molecular flexibility index (Phi) is 9.14. The molecule has 2 fully saturated rings. The maximum atomic E-state index is 12.9. The fourth-order valence-corrected chi connectivity index (χ4v) is 4.77. The number of hydrogen-bond acceptors (Lipinski definition) is 7. The van der Waals surface area contributed by atoms with E-state index in [0.717, 1.165) is 5.56 Å². The molecule has 2 saturated heterocycles. The molecule has 1 aromatic heterocycles. The second-order valence-electron chi connectivity index (χ2n) is 10.2. The molecule has 0 aliphatic carbocycles. The molecule has 4 rings (SSSR count). The van der Waals surface area contributed by atoms with E-state index in [1.54, 1.807) is 29.2 Å². The number of cyclic esters (lactones) is 1. The van der Waals surface area contributed by atoms with Crippen LogP contribution in [0, 0.1) is 6.92 Å². The van der Waals surface area contributed by atoms with Crippen LogP contribution in [0.25, 0.3) is 0 Å². The van der Waals surface area contributed by atoms with Crippen LogP contribution >= 0.6 is 0 Å². The Morgan fingerprint density at radius 1 is 1.12 bits per heavy atom. The number of likely N-dealkylation sites (tertiary alicyclic amines) is 1.